The summed E-state index contributed by atoms with van der Waals surface area (Å²) >= 11 is 0. The summed E-state index contributed by atoms with van der Waals surface area (Å²) in [6.07, 6.45) is 0.626. The van der Waals surface area contributed by atoms with Crippen LogP contribution < -0.4 is 4.74 Å². The van der Waals surface area contributed by atoms with Gasteiger partial charge in [-0.25, -0.2) is 4.79 Å². The van der Waals surface area contributed by atoms with Crippen LogP contribution in [0.3, 0.4) is 0 Å². The van der Waals surface area contributed by atoms with Crippen LogP contribution in [-0.4, -0.2) is 26.0 Å². The Bertz CT molecular complexity index is 371. The number of carbonyl (C=O) groups excluding carboxylic acids is 2. The summed E-state index contributed by atoms with van der Waals surface area (Å²) in [5.74, 6) is -0.112. The van der Waals surface area contributed by atoms with Gasteiger partial charge in [0.2, 0.25) is 0 Å². The highest BCUT2D eigenvalue weighted by atomic mass is 16.5. The number of benzene rings is 1. The first-order valence-corrected chi connectivity index (χ1v) is 4.44. The van der Waals surface area contributed by atoms with Gasteiger partial charge in [0.05, 0.1) is 7.11 Å². The number of carbonyl (C=O) groups is 2. The van der Waals surface area contributed by atoms with Crippen molar-refractivity contribution in [3.8, 4) is 5.75 Å². The van der Waals surface area contributed by atoms with Gasteiger partial charge in [-0.15, -0.1) is 0 Å². The summed E-state index contributed by atoms with van der Waals surface area (Å²) in [5.41, 5.74) is 1.26. The highest BCUT2D eigenvalue weighted by Gasteiger charge is 2.12. The van der Waals surface area contributed by atoms with Crippen LogP contribution in [0, 0.1) is 6.92 Å². The van der Waals surface area contributed by atoms with Gasteiger partial charge in [-0.05, 0) is 19.1 Å². The molecule has 0 fully saturated rings. The smallest absolute Gasteiger partial charge is 0.341 e. The highest BCUT2D eigenvalue weighted by Crippen LogP contribution is 2.20. The number of ether oxygens (including phenoxy) is 2. The van der Waals surface area contributed by atoms with Crippen molar-refractivity contribution in [2.45, 2.75) is 6.92 Å². The summed E-state index contributed by atoms with van der Waals surface area (Å²) in [6.45, 7) is 1.78. The number of hydrogen-bond acceptors (Lipinski definition) is 4. The Balaban J connectivity index is 3.02. The molecule has 0 unspecified atom stereocenters. The van der Waals surface area contributed by atoms with Crippen molar-refractivity contribution in [3.63, 3.8) is 0 Å². The van der Waals surface area contributed by atoms with Crippen molar-refractivity contribution < 1.29 is 19.1 Å². The predicted octanol–water partition coefficient (Wildman–Crippen LogP) is 1.36. The van der Waals surface area contributed by atoms with E-state index in [-0.39, 0.29) is 6.61 Å². The third kappa shape index (κ3) is 2.80. The quantitative estimate of drug-likeness (QED) is 0.553. The van der Waals surface area contributed by atoms with E-state index < -0.39 is 5.97 Å². The molecule has 0 heterocycles. The maximum Gasteiger partial charge on any atom is 0.341 e. The fourth-order valence-corrected chi connectivity index (χ4v) is 1.16. The average Bonchev–Trinajstić information content (AvgIpc) is 2.26. The number of methoxy groups -OCH3 is 1. The highest BCUT2D eigenvalue weighted by molar-refractivity contribution is 5.92. The van der Waals surface area contributed by atoms with Gasteiger partial charge in [0, 0.05) is 0 Å². The lowest BCUT2D eigenvalue weighted by Crippen LogP contribution is -2.07. The maximum absolute atomic E-state index is 11.4. The zero-order valence-corrected chi connectivity index (χ0v) is 8.65. The Morgan fingerprint density at radius 2 is 2.20 bits per heavy atom. The molecule has 0 N–H and O–H groups in total. The Hall–Kier alpha value is -1.84. The molecule has 0 aromatic heterocycles. The van der Waals surface area contributed by atoms with Crippen molar-refractivity contribution in [2.24, 2.45) is 0 Å². The first-order valence-electron chi connectivity index (χ1n) is 4.44. The molecule has 0 atom stereocenters. The molecule has 0 bridgehead atoms. The number of aryl methyl sites for hydroxylation is 1. The minimum atomic E-state index is -0.473. The first-order chi connectivity index (χ1) is 7.19. The molecular formula is C11H12O4. The topological polar surface area (TPSA) is 52.6 Å². The number of hydrogen-bond donors (Lipinski definition) is 0. The van der Waals surface area contributed by atoms with Crippen molar-refractivity contribution >= 4 is 12.3 Å². The molecule has 0 saturated heterocycles. The second-order valence-corrected chi connectivity index (χ2v) is 2.97. The van der Waals surface area contributed by atoms with E-state index >= 15 is 0 Å². The van der Waals surface area contributed by atoms with E-state index in [0.717, 1.165) is 5.56 Å². The standard InChI is InChI=1S/C11H12O4/c1-8-3-4-10(15-6-5-12)9(7-8)11(13)14-2/h3-5,7H,6H2,1-2H3. The van der Waals surface area contributed by atoms with Crippen LogP contribution in [0.25, 0.3) is 0 Å². The predicted molar refractivity (Wildman–Crippen MR) is 54.1 cm³/mol. The molecule has 1 aromatic carbocycles. The number of esters is 1. The Morgan fingerprint density at radius 1 is 1.47 bits per heavy atom. The van der Waals surface area contributed by atoms with Gasteiger partial charge < -0.3 is 9.47 Å². The van der Waals surface area contributed by atoms with Crippen LogP contribution in [0.5, 0.6) is 5.75 Å². The van der Waals surface area contributed by atoms with Crippen molar-refractivity contribution in [1.82, 2.24) is 0 Å². The molecular weight excluding hydrogens is 196 g/mol. The summed E-state index contributed by atoms with van der Waals surface area (Å²) in [5, 5.41) is 0. The number of rotatable bonds is 4. The molecule has 15 heavy (non-hydrogen) atoms. The van der Waals surface area contributed by atoms with E-state index in [1.807, 2.05) is 6.92 Å². The average molecular weight is 208 g/mol. The third-order valence-corrected chi connectivity index (χ3v) is 1.85. The molecule has 0 radical (unpaired) electrons. The molecule has 0 spiro atoms. The third-order valence-electron chi connectivity index (χ3n) is 1.85. The zero-order valence-electron chi connectivity index (χ0n) is 8.65. The Labute approximate surface area is 87.8 Å². The van der Waals surface area contributed by atoms with Crippen molar-refractivity contribution in [1.29, 1.82) is 0 Å². The second-order valence-electron chi connectivity index (χ2n) is 2.97. The van der Waals surface area contributed by atoms with Crippen LogP contribution >= 0.6 is 0 Å². The Morgan fingerprint density at radius 3 is 2.80 bits per heavy atom. The van der Waals surface area contributed by atoms with Crippen LogP contribution in [0.1, 0.15) is 15.9 Å². The molecule has 0 saturated carbocycles. The minimum Gasteiger partial charge on any atom is -0.485 e. The van der Waals surface area contributed by atoms with Gasteiger partial charge >= 0.3 is 5.97 Å². The van der Waals surface area contributed by atoms with Gasteiger partial charge in [0.1, 0.15) is 17.9 Å². The maximum atomic E-state index is 11.4. The molecule has 0 aliphatic carbocycles. The molecule has 80 valence electrons. The largest absolute Gasteiger partial charge is 0.485 e. The molecule has 1 rings (SSSR count). The molecule has 0 aliphatic rings. The van der Waals surface area contributed by atoms with Crippen LogP contribution in [0.4, 0.5) is 0 Å². The van der Waals surface area contributed by atoms with E-state index in [0.29, 0.717) is 17.6 Å². The summed E-state index contributed by atoms with van der Waals surface area (Å²) in [4.78, 5) is 21.5. The van der Waals surface area contributed by atoms with Gasteiger partial charge in [-0.2, -0.15) is 0 Å². The van der Waals surface area contributed by atoms with Gasteiger partial charge in [0.25, 0.3) is 0 Å². The van der Waals surface area contributed by atoms with E-state index in [2.05, 4.69) is 4.74 Å². The van der Waals surface area contributed by atoms with Gasteiger partial charge in [-0.3, -0.25) is 4.79 Å². The van der Waals surface area contributed by atoms with E-state index in [9.17, 15) is 9.59 Å². The summed E-state index contributed by atoms with van der Waals surface area (Å²) in [6, 6.07) is 5.10. The number of aldehydes is 1. The molecule has 0 aliphatic heterocycles. The Kier molecular flexibility index (Phi) is 3.85. The lowest BCUT2D eigenvalue weighted by molar-refractivity contribution is -0.109. The SMILES string of the molecule is COC(=O)c1cc(C)ccc1OCC=O. The molecule has 1 aromatic rings. The lowest BCUT2D eigenvalue weighted by Gasteiger charge is -2.08. The molecule has 0 amide bonds. The molecule has 4 heteroatoms. The van der Waals surface area contributed by atoms with Crippen molar-refractivity contribution in [3.05, 3.63) is 29.3 Å². The first kappa shape index (κ1) is 11.2. The van der Waals surface area contributed by atoms with Crippen molar-refractivity contribution in [2.75, 3.05) is 13.7 Å². The normalized spacial score (nSPS) is 9.47. The minimum absolute atomic E-state index is 0.0763. The fourth-order valence-electron chi connectivity index (χ4n) is 1.16. The summed E-state index contributed by atoms with van der Waals surface area (Å²) < 4.78 is 9.70. The van der Waals surface area contributed by atoms with Crippen LogP contribution in [-0.2, 0) is 9.53 Å². The molecule has 4 nitrogen and oxygen atoms in total. The van der Waals surface area contributed by atoms with Crippen LogP contribution in [0.15, 0.2) is 18.2 Å². The van der Waals surface area contributed by atoms with Gasteiger partial charge in [-0.1, -0.05) is 11.6 Å². The van der Waals surface area contributed by atoms with E-state index in [1.165, 1.54) is 7.11 Å². The zero-order chi connectivity index (χ0) is 11.3. The van der Waals surface area contributed by atoms with E-state index in [4.69, 9.17) is 4.74 Å². The second kappa shape index (κ2) is 5.14. The van der Waals surface area contributed by atoms with Gasteiger partial charge in [0.15, 0.2) is 6.29 Å². The fraction of sp³-hybridized carbons (Fsp3) is 0.273. The monoisotopic (exact) mass is 208 g/mol. The van der Waals surface area contributed by atoms with E-state index in [1.54, 1.807) is 18.2 Å². The summed E-state index contributed by atoms with van der Waals surface area (Å²) in [7, 11) is 1.30. The van der Waals surface area contributed by atoms with Crippen LogP contribution in [0.2, 0.25) is 0 Å². The lowest BCUT2D eigenvalue weighted by atomic mass is 10.1.